The van der Waals surface area contributed by atoms with Crippen molar-refractivity contribution in [2.45, 2.75) is 13.0 Å². The average molecular weight is 348 g/mol. The Balaban J connectivity index is 1.81. The first-order chi connectivity index (χ1) is 12.0. The number of hydrogen-bond donors (Lipinski definition) is 0. The number of fused-ring (bicyclic) bond motifs is 1. The van der Waals surface area contributed by atoms with E-state index in [2.05, 4.69) is 4.98 Å². The molecule has 2 heterocycles. The zero-order valence-corrected chi connectivity index (χ0v) is 13.2. The highest BCUT2D eigenvalue weighted by atomic mass is 19.3. The summed E-state index contributed by atoms with van der Waals surface area (Å²) >= 11 is 0. The number of hydrogen-bond acceptors (Lipinski definition) is 5. The number of pyridine rings is 1. The van der Waals surface area contributed by atoms with Gasteiger partial charge in [-0.05, 0) is 18.2 Å². The summed E-state index contributed by atoms with van der Waals surface area (Å²) in [6, 6.07) is 9.46. The summed E-state index contributed by atoms with van der Waals surface area (Å²) in [7, 11) is 1.35. The highest BCUT2D eigenvalue weighted by Crippen LogP contribution is 2.27. The molecule has 0 bridgehead atoms. The highest BCUT2D eigenvalue weighted by molar-refractivity contribution is 6.21. The lowest BCUT2D eigenvalue weighted by Gasteiger charge is -2.16. The van der Waals surface area contributed by atoms with Crippen molar-refractivity contribution in [1.82, 2.24) is 9.88 Å². The molecule has 25 heavy (non-hydrogen) atoms. The summed E-state index contributed by atoms with van der Waals surface area (Å²) in [6.45, 7) is -0.828. The van der Waals surface area contributed by atoms with Gasteiger partial charge in [0.05, 0.1) is 24.8 Å². The first-order valence-corrected chi connectivity index (χ1v) is 7.41. The highest BCUT2D eigenvalue weighted by Gasteiger charge is 2.35. The van der Waals surface area contributed by atoms with Gasteiger partial charge in [-0.15, -0.1) is 0 Å². The minimum absolute atomic E-state index is 0.0248. The third kappa shape index (κ3) is 3.28. The molecule has 130 valence electrons. The predicted octanol–water partition coefficient (Wildman–Crippen LogP) is 2.53. The fraction of sp³-hybridized carbons (Fsp3) is 0.235. The van der Waals surface area contributed by atoms with Crippen LogP contribution in [0.4, 0.5) is 8.78 Å². The summed E-state index contributed by atoms with van der Waals surface area (Å²) in [5.41, 5.74) is 1.15. The van der Waals surface area contributed by atoms with Crippen molar-refractivity contribution < 1.29 is 27.8 Å². The maximum absolute atomic E-state index is 12.4. The number of halogens is 2. The molecule has 0 fully saturated rings. The van der Waals surface area contributed by atoms with Crippen LogP contribution in [0.25, 0.3) is 0 Å². The monoisotopic (exact) mass is 348 g/mol. The van der Waals surface area contributed by atoms with E-state index in [1.807, 2.05) is 0 Å². The fourth-order valence-corrected chi connectivity index (χ4v) is 2.53. The molecule has 1 aromatic heterocycles. The van der Waals surface area contributed by atoms with E-state index < -0.39 is 24.8 Å². The molecule has 0 N–H and O–H groups in total. The van der Waals surface area contributed by atoms with Crippen LogP contribution < -0.4 is 9.47 Å². The zero-order chi connectivity index (χ0) is 18.0. The van der Waals surface area contributed by atoms with Crippen LogP contribution in [0.2, 0.25) is 0 Å². The number of imide groups is 1. The number of alkyl halides is 2. The lowest BCUT2D eigenvalue weighted by Crippen LogP contribution is -2.29. The van der Waals surface area contributed by atoms with Gasteiger partial charge in [-0.1, -0.05) is 12.1 Å². The van der Waals surface area contributed by atoms with Crippen LogP contribution in [0, 0.1) is 0 Å². The number of carbonyl (C=O) groups excluding carboxylic acids is 2. The Morgan fingerprint density at radius 3 is 2.28 bits per heavy atom. The standard InChI is InChI=1S/C17H14F2N2O4/c1-24-15-10(6-7-14(20-15)25-9-13(18)19)8-21-16(22)11-4-2-3-5-12(11)17(21)23/h2-7,13H,8-9H2,1H3. The van der Waals surface area contributed by atoms with E-state index in [1.54, 1.807) is 24.3 Å². The van der Waals surface area contributed by atoms with Gasteiger partial charge in [0.25, 0.3) is 18.2 Å². The third-order valence-electron chi connectivity index (χ3n) is 3.67. The van der Waals surface area contributed by atoms with Crippen LogP contribution in [-0.2, 0) is 6.54 Å². The molecule has 3 rings (SSSR count). The Bertz CT molecular complexity index is 791. The van der Waals surface area contributed by atoms with E-state index >= 15 is 0 Å². The van der Waals surface area contributed by atoms with Gasteiger partial charge in [0.1, 0.15) is 0 Å². The summed E-state index contributed by atoms with van der Waals surface area (Å²) < 4.78 is 34.4. The van der Waals surface area contributed by atoms with Gasteiger partial charge in [-0.3, -0.25) is 14.5 Å². The molecular weight excluding hydrogens is 334 g/mol. The Morgan fingerprint density at radius 1 is 1.08 bits per heavy atom. The van der Waals surface area contributed by atoms with Gasteiger partial charge >= 0.3 is 0 Å². The van der Waals surface area contributed by atoms with Gasteiger partial charge in [-0.2, -0.15) is 4.98 Å². The molecule has 0 saturated heterocycles. The van der Waals surface area contributed by atoms with Crippen molar-refractivity contribution in [2.24, 2.45) is 0 Å². The molecular formula is C17H14F2N2O4. The van der Waals surface area contributed by atoms with E-state index in [0.29, 0.717) is 16.7 Å². The SMILES string of the molecule is COc1nc(OCC(F)F)ccc1CN1C(=O)c2ccccc2C1=O. The Kier molecular flexibility index (Phi) is 4.60. The molecule has 0 atom stereocenters. The number of benzene rings is 1. The smallest absolute Gasteiger partial charge is 0.272 e. The van der Waals surface area contributed by atoms with Crippen LogP contribution in [-0.4, -0.2) is 41.8 Å². The number of ether oxygens (including phenoxy) is 2. The summed E-state index contributed by atoms with van der Waals surface area (Å²) in [5.74, 6) is -0.729. The van der Waals surface area contributed by atoms with Crippen molar-refractivity contribution >= 4 is 11.8 Å². The number of methoxy groups -OCH3 is 1. The number of nitrogens with zero attached hydrogens (tertiary/aromatic N) is 2. The number of carbonyl (C=O) groups is 2. The fourth-order valence-electron chi connectivity index (χ4n) is 2.53. The third-order valence-corrected chi connectivity index (χ3v) is 3.67. The quantitative estimate of drug-likeness (QED) is 0.751. The van der Waals surface area contributed by atoms with Crippen molar-refractivity contribution in [3.63, 3.8) is 0 Å². The lowest BCUT2D eigenvalue weighted by molar-refractivity contribution is 0.0640. The Hall–Kier alpha value is -3.03. The molecule has 0 radical (unpaired) electrons. The second-order valence-corrected chi connectivity index (χ2v) is 5.26. The van der Waals surface area contributed by atoms with E-state index in [1.165, 1.54) is 19.2 Å². The molecule has 1 aliphatic rings. The van der Waals surface area contributed by atoms with E-state index in [9.17, 15) is 18.4 Å². The second-order valence-electron chi connectivity index (χ2n) is 5.26. The number of aromatic nitrogens is 1. The van der Waals surface area contributed by atoms with Crippen molar-refractivity contribution in [2.75, 3.05) is 13.7 Å². The maximum Gasteiger partial charge on any atom is 0.272 e. The zero-order valence-electron chi connectivity index (χ0n) is 13.2. The molecule has 2 amide bonds. The average Bonchev–Trinajstić information content (AvgIpc) is 2.86. The van der Waals surface area contributed by atoms with Gasteiger partial charge in [0.15, 0.2) is 6.61 Å². The maximum atomic E-state index is 12.4. The number of amides is 2. The van der Waals surface area contributed by atoms with Gasteiger partial charge < -0.3 is 9.47 Å². The van der Waals surface area contributed by atoms with E-state index in [0.717, 1.165) is 4.90 Å². The summed E-state index contributed by atoms with van der Waals surface area (Å²) in [5, 5.41) is 0. The minimum Gasteiger partial charge on any atom is -0.481 e. The molecule has 8 heteroatoms. The van der Waals surface area contributed by atoms with Crippen molar-refractivity contribution in [3.8, 4) is 11.8 Å². The van der Waals surface area contributed by atoms with E-state index in [4.69, 9.17) is 9.47 Å². The topological polar surface area (TPSA) is 68.7 Å². The molecule has 1 aromatic carbocycles. The van der Waals surface area contributed by atoms with E-state index in [-0.39, 0.29) is 18.3 Å². The van der Waals surface area contributed by atoms with Crippen molar-refractivity contribution in [3.05, 3.63) is 53.1 Å². The summed E-state index contributed by atoms with van der Waals surface area (Å²) in [4.78, 5) is 29.8. The minimum atomic E-state index is -2.62. The first kappa shape index (κ1) is 16.8. The summed E-state index contributed by atoms with van der Waals surface area (Å²) in [6.07, 6.45) is -2.62. The van der Waals surface area contributed by atoms with Gasteiger partial charge in [0, 0.05) is 11.6 Å². The molecule has 0 aliphatic carbocycles. The molecule has 0 saturated carbocycles. The number of rotatable bonds is 6. The van der Waals surface area contributed by atoms with Gasteiger partial charge in [-0.25, -0.2) is 8.78 Å². The van der Waals surface area contributed by atoms with Crippen LogP contribution in [0.15, 0.2) is 36.4 Å². The van der Waals surface area contributed by atoms with Crippen LogP contribution >= 0.6 is 0 Å². The Morgan fingerprint density at radius 2 is 1.72 bits per heavy atom. The largest absolute Gasteiger partial charge is 0.481 e. The normalized spacial score (nSPS) is 13.4. The first-order valence-electron chi connectivity index (χ1n) is 7.41. The molecule has 0 unspecified atom stereocenters. The molecule has 1 aliphatic heterocycles. The predicted molar refractivity (Wildman–Crippen MR) is 82.9 cm³/mol. The van der Waals surface area contributed by atoms with Gasteiger partial charge in [0.2, 0.25) is 11.8 Å². The second kappa shape index (κ2) is 6.84. The molecule has 0 spiro atoms. The van der Waals surface area contributed by atoms with Crippen LogP contribution in [0.3, 0.4) is 0 Å². The lowest BCUT2D eigenvalue weighted by atomic mass is 10.1. The van der Waals surface area contributed by atoms with Crippen LogP contribution in [0.1, 0.15) is 26.3 Å². The Labute approximate surface area is 142 Å². The van der Waals surface area contributed by atoms with Crippen molar-refractivity contribution in [1.29, 1.82) is 0 Å². The molecule has 6 nitrogen and oxygen atoms in total. The molecule has 2 aromatic rings. The van der Waals surface area contributed by atoms with Crippen LogP contribution in [0.5, 0.6) is 11.8 Å².